The summed E-state index contributed by atoms with van der Waals surface area (Å²) in [6.07, 6.45) is 1.34. The van der Waals surface area contributed by atoms with Gasteiger partial charge in [-0.25, -0.2) is 0 Å². The first kappa shape index (κ1) is 15.0. The normalized spacial score (nSPS) is 23.5. The molecule has 0 aliphatic carbocycles. The molecule has 1 aromatic rings. The maximum Gasteiger partial charge on any atom is 0.262 e. The van der Waals surface area contributed by atoms with Gasteiger partial charge in [0.25, 0.3) is 11.8 Å². The molecular weight excluding hydrogens is 300 g/mol. The van der Waals surface area contributed by atoms with Gasteiger partial charge in [0.2, 0.25) is 12.3 Å². The monoisotopic (exact) mass is 316 g/mol. The summed E-state index contributed by atoms with van der Waals surface area (Å²) in [6, 6.07) is 4.44. The second kappa shape index (κ2) is 5.38. The van der Waals surface area contributed by atoms with Crippen molar-refractivity contribution in [3.8, 4) is 0 Å². The highest BCUT2D eigenvalue weighted by molar-refractivity contribution is 6.24. The zero-order valence-electron chi connectivity index (χ0n) is 12.3. The summed E-state index contributed by atoms with van der Waals surface area (Å²) in [7, 11) is 0. The summed E-state index contributed by atoms with van der Waals surface area (Å²) in [5.41, 5.74) is 5.02. The Morgan fingerprint density at radius 1 is 1.26 bits per heavy atom. The Morgan fingerprint density at radius 2 is 2.00 bits per heavy atom. The number of carbonyl (C=O) groups excluding carboxylic acids is 4. The van der Waals surface area contributed by atoms with Crippen molar-refractivity contribution in [3.63, 3.8) is 0 Å². The van der Waals surface area contributed by atoms with Crippen molar-refractivity contribution < 1.29 is 19.2 Å². The highest BCUT2D eigenvalue weighted by Gasteiger charge is 2.54. The average Bonchev–Trinajstić information content (AvgIpc) is 2.78. The number of carbonyl (C=O) groups is 4. The molecule has 23 heavy (non-hydrogen) atoms. The first-order chi connectivity index (χ1) is 11.0. The van der Waals surface area contributed by atoms with Crippen LogP contribution in [0.25, 0.3) is 0 Å². The minimum absolute atomic E-state index is 0.122. The molecule has 4 N–H and O–H groups in total. The summed E-state index contributed by atoms with van der Waals surface area (Å²) in [4.78, 5) is 49.6. The average molecular weight is 316 g/mol. The molecule has 0 spiro atoms. The number of imide groups is 1. The lowest BCUT2D eigenvalue weighted by atomic mass is 9.87. The SMILES string of the molecule is Nc1ccc2c(c1)C(=O)N(C1(CNC=O)CCCNC1=O)C2=O. The Bertz CT molecular complexity index is 717. The van der Waals surface area contributed by atoms with Gasteiger partial charge in [-0.05, 0) is 31.0 Å². The molecule has 0 bridgehead atoms. The lowest BCUT2D eigenvalue weighted by Gasteiger charge is -2.41. The van der Waals surface area contributed by atoms with Crippen LogP contribution in [0, 0.1) is 0 Å². The lowest BCUT2D eigenvalue weighted by molar-refractivity contribution is -0.133. The predicted octanol–water partition coefficient (Wildman–Crippen LogP) is -0.740. The van der Waals surface area contributed by atoms with E-state index in [4.69, 9.17) is 5.73 Å². The van der Waals surface area contributed by atoms with E-state index in [-0.39, 0.29) is 17.7 Å². The lowest BCUT2D eigenvalue weighted by Crippen LogP contribution is -2.67. The van der Waals surface area contributed by atoms with Crippen molar-refractivity contribution in [2.45, 2.75) is 18.4 Å². The van der Waals surface area contributed by atoms with E-state index >= 15 is 0 Å². The fourth-order valence-corrected chi connectivity index (χ4v) is 3.18. The Labute approximate surface area is 132 Å². The van der Waals surface area contributed by atoms with Crippen molar-refractivity contribution >= 4 is 29.8 Å². The van der Waals surface area contributed by atoms with Gasteiger partial charge in [-0.15, -0.1) is 0 Å². The number of amides is 4. The molecule has 1 aromatic carbocycles. The highest BCUT2D eigenvalue weighted by Crippen LogP contribution is 2.34. The number of rotatable bonds is 4. The molecule has 1 saturated heterocycles. The van der Waals surface area contributed by atoms with E-state index < -0.39 is 23.3 Å². The molecule has 0 aromatic heterocycles. The molecule has 8 heteroatoms. The number of hydrogen-bond acceptors (Lipinski definition) is 5. The second-order valence-electron chi connectivity index (χ2n) is 5.64. The maximum absolute atomic E-state index is 12.7. The number of fused-ring (bicyclic) bond motifs is 1. The molecule has 2 aliphatic heterocycles. The minimum Gasteiger partial charge on any atom is -0.399 e. The Balaban J connectivity index is 2.07. The first-order valence-electron chi connectivity index (χ1n) is 7.25. The Kier molecular flexibility index (Phi) is 3.51. The Hall–Kier alpha value is -2.90. The highest BCUT2D eigenvalue weighted by atomic mass is 16.2. The molecule has 8 nitrogen and oxygen atoms in total. The van der Waals surface area contributed by atoms with E-state index in [1.165, 1.54) is 18.2 Å². The molecule has 1 unspecified atom stereocenters. The topological polar surface area (TPSA) is 122 Å². The zero-order valence-corrected chi connectivity index (χ0v) is 12.3. The molecule has 2 heterocycles. The van der Waals surface area contributed by atoms with Crippen LogP contribution in [0.1, 0.15) is 33.6 Å². The number of hydrogen-bond donors (Lipinski definition) is 3. The number of benzene rings is 1. The number of piperidine rings is 1. The van der Waals surface area contributed by atoms with E-state index in [0.717, 1.165) is 4.90 Å². The Morgan fingerprint density at radius 3 is 2.70 bits per heavy atom. The quantitative estimate of drug-likeness (QED) is 0.384. The van der Waals surface area contributed by atoms with Crippen molar-refractivity contribution in [2.24, 2.45) is 0 Å². The largest absolute Gasteiger partial charge is 0.399 e. The molecule has 4 amide bonds. The van der Waals surface area contributed by atoms with Crippen molar-refractivity contribution in [1.82, 2.24) is 15.5 Å². The van der Waals surface area contributed by atoms with Gasteiger partial charge in [-0.2, -0.15) is 0 Å². The zero-order chi connectivity index (χ0) is 16.6. The van der Waals surface area contributed by atoms with Crippen LogP contribution in [-0.4, -0.2) is 47.7 Å². The van der Waals surface area contributed by atoms with Gasteiger partial charge in [0.15, 0.2) is 0 Å². The van der Waals surface area contributed by atoms with Gasteiger partial charge in [0.05, 0.1) is 17.7 Å². The molecule has 1 fully saturated rings. The fourth-order valence-electron chi connectivity index (χ4n) is 3.18. The molecule has 2 aliphatic rings. The second-order valence-corrected chi connectivity index (χ2v) is 5.64. The summed E-state index contributed by atoms with van der Waals surface area (Å²) in [6.45, 7) is 0.348. The summed E-state index contributed by atoms with van der Waals surface area (Å²) >= 11 is 0. The van der Waals surface area contributed by atoms with E-state index in [0.29, 0.717) is 31.5 Å². The molecule has 0 radical (unpaired) electrons. The number of nitrogens with two attached hydrogens (primary N) is 1. The summed E-state index contributed by atoms with van der Waals surface area (Å²) in [5, 5.41) is 5.11. The van der Waals surface area contributed by atoms with Gasteiger partial charge in [0.1, 0.15) is 5.54 Å². The molecule has 120 valence electrons. The van der Waals surface area contributed by atoms with E-state index in [9.17, 15) is 19.2 Å². The van der Waals surface area contributed by atoms with Gasteiger partial charge < -0.3 is 16.4 Å². The number of nitrogens with one attached hydrogen (secondary N) is 2. The fraction of sp³-hybridized carbons (Fsp3) is 0.333. The van der Waals surface area contributed by atoms with Gasteiger partial charge in [-0.3, -0.25) is 24.1 Å². The van der Waals surface area contributed by atoms with Crippen LogP contribution in [0.15, 0.2) is 18.2 Å². The van der Waals surface area contributed by atoms with Crippen LogP contribution in [-0.2, 0) is 9.59 Å². The van der Waals surface area contributed by atoms with Crippen molar-refractivity contribution in [3.05, 3.63) is 29.3 Å². The van der Waals surface area contributed by atoms with Gasteiger partial charge >= 0.3 is 0 Å². The maximum atomic E-state index is 12.7. The summed E-state index contributed by atoms with van der Waals surface area (Å²) < 4.78 is 0. The third-order valence-electron chi connectivity index (χ3n) is 4.29. The van der Waals surface area contributed by atoms with Crippen molar-refractivity contribution in [1.29, 1.82) is 0 Å². The third kappa shape index (κ3) is 2.14. The third-order valence-corrected chi connectivity index (χ3v) is 4.29. The smallest absolute Gasteiger partial charge is 0.262 e. The van der Waals surface area contributed by atoms with Crippen LogP contribution < -0.4 is 16.4 Å². The van der Waals surface area contributed by atoms with E-state index in [1.54, 1.807) is 0 Å². The van der Waals surface area contributed by atoms with Crippen molar-refractivity contribution in [2.75, 3.05) is 18.8 Å². The van der Waals surface area contributed by atoms with Crippen LogP contribution in [0.4, 0.5) is 5.69 Å². The first-order valence-corrected chi connectivity index (χ1v) is 7.25. The van der Waals surface area contributed by atoms with Crippen LogP contribution in [0.3, 0.4) is 0 Å². The number of nitrogens with zero attached hydrogens (tertiary/aromatic N) is 1. The molecular formula is C15H16N4O4. The van der Waals surface area contributed by atoms with Gasteiger partial charge in [-0.1, -0.05) is 0 Å². The van der Waals surface area contributed by atoms with Crippen LogP contribution >= 0.6 is 0 Å². The number of nitrogen functional groups attached to an aromatic ring is 1. The molecule has 1 atom stereocenters. The van der Waals surface area contributed by atoms with Crippen LogP contribution in [0.5, 0.6) is 0 Å². The van der Waals surface area contributed by atoms with E-state index in [2.05, 4.69) is 10.6 Å². The minimum atomic E-state index is -1.42. The summed E-state index contributed by atoms with van der Waals surface area (Å²) in [5.74, 6) is -1.56. The van der Waals surface area contributed by atoms with E-state index in [1.807, 2.05) is 0 Å². The molecule has 3 rings (SSSR count). The molecule has 0 saturated carbocycles. The van der Waals surface area contributed by atoms with Crippen LogP contribution in [0.2, 0.25) is 0 Å². The van der Waals surface area contributed by atoms with Gasteiger partial charge in [0, 0.05) is 12.2 Å². The predicted molar refractivity (Wildman–Crippen MR) is 80.4 cm³/mol. The standard InChI is InChI=1S/C15H16N4O4/c16-9-2-3-10-11(6-9)13(22)19(12(10)21)15(7-17-8-20)4-1-5-18-14(15)23/h2-3,6,8H,1,4-5,7,16H2,(H,17,20)(H,18,23). The number of anilines is 1.